The van der Waals surface area contributed by atoms with Gasteiger partial charge in [-0.05, 0) is 54.0 Å². The molecule has 0 saturated heterocycles. The van der Waals surface area contributed by atoms with Crippen LogP contribution in [-0.4, -0.2) is 23.5 Å². The molecule has 1 aromatic rings. The fourth-order valence-electron chi connectivity index (χ4n) is 2.42. The number of carbonyl (C=O) groups is 1. The standard InChI is InChI=1S/C12H18IN3O.ClH/c13-9-5-11(15-7-9)12(17)16-10-4-2-1-3-8(10)6-14;/h5,7-8,10,15H,1-4,6,14H2,(H,16,17);1H. The Bertz CT molecular complexity index is 396. The maximum Gasteiger partial charge on any atom is 0.267 e. The third-order valence-corrected chi connectivity index (χ3v) is 4.04. The Hall–Kier alpha value is -0.270. The fourth-order valence-corrected chi connectivity index (χ4v) is 2.89. The second kappa shape index (κ2) is 7.35. The molecule has 1 fully saturated rings. The molecule has 1 saturated carbocycles. The Morgan fingerprint density at radius 2 is 2.22 bits per heavy atom. The van der Waals surface area contributed by atoms with Crippen LogP contribution < -0.4 is 11.1 Å². The van der Waals surface area contributed by atoms with E-state index in [4.69, 9.17) is 5.73 Å². The van der Waals surface area contributed by atoms with Gasteiger partial charge < -0.3 is 16.0 Å². The van der Waals surface area contributed by atoms with E-state index in [-0.39, 0.29) is 24.4 Å². The molecule has 6 heteroatoms. The lowest BCUT2D eigenvalue weighted by molar-refractivity contribution is 0.0903. The summed E-state index contributed by atoms with van der Waals surface area (Å²) in [5.41, 5.74) is 6.39. The van der Waals surface area contributed by atoms with Gasteiger partial charge in [0.25, 0.3) is 5.91 Å². The van der Waals surface area contributed by atoms with Crippen molar-refractivity contribution in [3.05, 3.63) is 21.5 Å². The number of aromatic amines is 1. The first kappa shape index (κ1) is 15.8. The molecule has 18 heavy (non-hydrogen) atoms. The van der Waals surface area contributed by atoms with Gasteiger partial charge in [0.15, 0.2) is 0 Å². The molecule has 2 rings (SSSR count). The number of halogens is 2. The first-order valence-corrected chi connectivity index (χ1v) is 7.13. The van der Waals surface area contributed by atoms with Crippen molar-refractivity contribution in [1.82, 2.24) is 10.3 Å². The molecule has 0 radical (unpaired) electrons. The molecule has 0 spiro atoms. The van der Waals surface area contributed by atoms with Crippen LogP contribution in [0.25, 0.3) is 0 Å². The molecule has 4 N–H and O–H groups in total. The van der Waals surface area contributed by atoms with E-state index in [1.165, 1.54) is 12.8 Å². The van der Waals surface area contributed by atoms with Gasteiger partial charge in [-0.25, -0.2) is 0 Å². The molecule has 0 bridgehead atoms. The Balaban J connectivity index is 0.00000162. The number of nitrogens with two attached hydrogens (primary N) is 1. The second-order valence-electron chi connectivity index (χ2n) is 4.59. The van der Waals surface area contributed by atoms with E-state index in [1.54, 1.807) is 0 Å². The summed E-state index contributed by atoms with van der Waals surface area (Å²) in [5, 5.41) is 3.10. The summed E-state index contributed by atoms with van der Waals surface area (Å²) in [7, 11) is 0. The molecule has 1 amide bonds. The number of hydrogen-bond acceptors (Lipinski definition) is 2. The zero-order chi connectivity index (χ0) is 12.3. The van der Waals surface area contributed by atoms with Gasteiger partial charge in [0, 0.05) is 15.8 Å². The number of hydrogen-bond donors (Lipinski definition) is 3. The van der Waals surface area contributed by atoms with Crippen molar-refractivity contribution in [3.63, 3.8) is 0 Å². The third kappa shape index (κ3) is 3.86. The molecule has 1 aliphatic rings. The van der Waals surface area contributed by atoms with Crippen molar-refractivity contribution in [1.29, 1.82) is 0 Å². The van der Waals surface area contributed by atoms with Crippen LogP contribution in [0.3, 0.4) is 0 Å². The highest BCUT2D eigenvalue weighted by Crippen LogP contribution is 2.23. The number of H-pyrrole nitrogens is 1. The summed E-state index contributed by atoms with van der Waals surface area (Å²) >= 11 is 2.19. The summed E-state index contributed by atoms with van der Waals surface area (Å²) in [6, 6.07) is 2.10. The van der Waals surface area contributed by atoms with Crippen LogP contribution in [0.4, 0.5) is 0 Å². The third-order valence-electron chi connectivity index (χ3n) is 3.42. The molecule has 1 heterocycles. The number of aromatic nitrogens is 1. The number of nitrogens with one attached hydrogen (secondary N) is 2. The predicted molar refractivity (Wildman–Crippen MR) is 83.0 cm³/mol. The van der Waals surface area contributed by atoms with Crippen LogP contribution in [0.5, 0.6) is 0 Å². The average Bonchev–Trinajstić information content (AvgIpc) is 2.77. The normalized spacial score (nSPS) is 23.2. The van der Waals surface area contributed by atoms with Gasteiger partial charge in [-0.1, -0.05) is 12.8 Å². The maximum absolute atomic E-state index is 12.0. The van der Waals surface area contributed by atoms with Gasteiger partial charge in [-0.3, -0.25) is 4.79 Å². The lowest BCUT2D eigenvalue weighted by atomic mass is 9.84. The summed E-state index contributed by atoms with van der Waals surface area (Å²) in [6.07, 6.45) is 6.42. The van der Waals surface area contributed by atoms with Crippen LogP contribution in [0.15, 0.2) is 12.3 Å². The van der Waals surface area contributed by atoms with E-state index in [1.807, 2.05) is 12.3 Å². The van der Waals surface area contributed by atoms with Crippen molar-refractivity contribution >= 4 is 40.9 Å². The molecule has 1 aromatic heterocycles. The lowest BCUT2D eigenvalue weighted by Gasteiger charge is -2.31. The highest BCUT2D eigenvalue weighted by atomic mass is 127. The molecule has 102 valence electrons. The van der Waals surface area contributed by atoms with Crippen molar-refractivity contribution in [2.75, 3.05) is 6.54 Å². The Morgan fingerprint density at radius 3 is 2.83 bits per heavy atom. The number of amides is 1. The lowest BCUT2D eigenvalue weighted by Crippen LogP contribution is -2.44. The molecule has 1 aliphatic carbocycles. The Kier molecular flexibility index (Phi) is 6.45. The molecule has 2 atom stereocenters. The van der Waals surface area contributed by atoms with E-state index >= 15 is 0 Å². The van der Waals surface area contributed by atoms with Crippen LogP contribution in [0, 0.1) is 9.49 Å². The van der Waals surface area contributed by atoms with Gasteiger partial charge >= 0.3 is 0 Å². The van der Waals surface area contributed by atoms with Gasteiger partial charge in [0.1, 0.15) is 5.69 Å². The largest absolute Gasteiger partial charge is 0.356 e. The minimum atomic E-state index is -0.0155. The highest BCUT2D eigenvalue weighted by molar-refractivity contribution is 14.1. The SMILES string of the molecule is Cl.NCC1CCCCC1NC(=O)c1cc(I)c[nH]1. The van der Waals surface area contributed by atoms with Crippen molar-refractivity contribution in [2.45, 2.75) is 31.7 Å². The monoisotopic (exact) mass is 383 g/mol. The molecule has 0 aliphatic heterocycles. The van der Waals surface area contributed by atoms with Gasteiger partial charge in [0.2, 0.25) is 0 Å². The van der Waals surface area contributed by atoms with Crippen molar-refractivity contribution < 1.29 is 4.79 Å². The average molecular weight is 384 g/mol. The van der Waals surface area contributed by atoms with E-state index in [0.29, 0.717) is 18.2 Å². The summed E-state index contributed by atoms with van der Waals surface area (Å²) in [6.45, 7) is 0.660. The molecular formula is C12H19ClIN3O. The van der Waals surface area contributed by atoms with E-state index in [9.17, 15) is 4.79 Å². The highest BCUT2D eigenvalue weighted by Gasteiger charge is 2.25. The van der Waals surface area contributed by atoms with Crippen LogP contribution in [0.1, 0.15) is 36.2 Å². The summed E-state index contributed by atoms with van der Waals surface area (Å²) < 4.78 is 1.05. The topological polar surface area (TPSA) is 70.9 Å². The smallest absolute Gasteiger partial charge is 0.267 e. The first-order valence-electron chi connectivity index (χ1n) is 6.05. The van der Waals surface area contributed by atoms with Crippen LogP contribution >= 0.6 is 35.0 Å². The maximum atomic E-state index is 12.0. The predicted octanol–water partition coefficient (Wildman–Crippen LogP) is 2.29. The van der Waals surface area contributed by atoms with Gasteiger partial charge in [-0.2, -0.15) is 0 Å². The zero-order valence-corrected chi connectivity index (χ0v) is 13.1. The molecular weight excluding hydrogens is 365 g/mol. The van der Waals surface area contributed by atoms with Crippen molar-refractivity contribution in [3.8, 4) is 0 Å². The number of rotatable bonds is 3. The van der Waals surface area contributed by atoms with E-state index < -0.39 is 0 Å². The van der Waals surface area contributed by atoms with Crippen molar-refractivity contribution in [2.24, 2.45) is 11.7 Å². The molecule has 0 aromatic carbocycles. The molecule has 2 unspecified atom stereocenters. The quantitative estimate of drug-likeness (QED) is 0.701. The Morgan fingerprint density at radius 1 is 1.50 bits per heavy atom. The minimum absolute atomic E-state index is 0. The van der Waals surface area contributed by atoms with Gasteiger partial charge in [0.05, 0.1) is 0 Å². The van der Waals surface area contributed by atoms with Crippen LogP contribution in [-0.2, 0) is 0 Å². The fraction of sp³-hybridized carbons (Fsp3) is 0.583. The molecule has 4 nitrogen and oxygen atoms in total. The van der Waals surface area contributed by atoms with E-state index in [0.717, 1.165) is 16.4 Å². The Labute approximate surface area is 127 Å². The van der Waals surface area contributed by atoms with Crippen LogP contribution in [0.2, 0.25) is 0 Å². The zero-order valence-electron chi connectivity index (χ0n) is 10.1. The summed E-state index contributed by atoms with van der Waals surface area (Å²) in [4.78, 5) is 15.0. The first-order chi connectivity index (χ1) is 8.20. The van der Waals surface area contributed by atoms with E-state index in [2.05, 4.69) is 32.9 Å². The van der Waals surface area contributed by atoms with Gasteiger partial charge in [-0.15, -0.1) is 12.4 Å². The second-order valence-corrected chi connectivity index (χ2v) is 5.84. The summed E-state index contributed by atoms with van der Waals surface area (Å²) in [5.74, 6) is 0.417. The number of carbonyl (C=O) groups excluding carboxylic acids is 1. The minimum Gasteiger partial charge on any atom is -0.356 e.